The number of thiocyanates is 1. The Morgan fingerprint density at radius 3 is 1.38 bits per heavy atom. The molecule has 0 aromatic rings. The molecule has 0 saturated carbocycles. The molecule has 3 nitrogen and oxygen atoms in total. The van der Waals surface area contributed by atoms with Crippen LogP contribution < -0.4 is 51.4 Å². The summed E-state index contributed by atoms with van der Waals surface area (Å²) >= 11 is 13.8. The van der Waals surface area contributed by atoms with Crippen LogP contribution in [0.1, 0.15) is 0 Å². The second-order valence-electron chi connectivity index (χ2n) is 2.58. The molecule has 0 aromatic carbocycles. The van der Waals surface area contributed by atoms with Crippen LogP contribution in [-0.2, 0) is 12.6 Å². The van der Waals surface area contributed by atoms with E-state index in [4.69, 9.17) is 29.7 Å². The maximum atomic E-state index is 7.13. The van der Waals surface area contributed by atoms with Crippen LogP contribution in [0.3, 0.4) is 0 Å². The van der Waals surface area contributed by atoms with E-state index in [0.29, 0.717) is 0 Å². The summed E-state index contributed by atoms with van der Waals surface area (Å²) in [6, 6.07) is 0. The van der Waals surface area contributed by atoms with Crippen LogP contribution >= 0.6 is 46.0 Å². The van der Waals surface area contributed by atoms with Crippen LogP contribution in [0.4, 0.5) is 0 Å². The number of hydrogen-bond acceptors (Lipinski definition) is 6. The van der Waals surface area contributed by atoms with Gasteiger partial charge in [0.2, 0.25) is 0 Å². The molecule has 0 spiro atoms. The molecule has 0 heterocycles. The molecule has 0 fully saturated rings. The van der Waals surface area contributed by atoms with Crippen molar-refractivity contribution in [3.8, 4) is 5.40 Å². The van der Waals surface area contributed by atoms with E-state index in [-0.39, 0.29) is 51.4 Å². The fourth-order valence-electron chi connectivity index (χ4n) is 0.220. The normalized spacial score (nSPS) is 7.44. The van der Waals surface area contributed by atoms with E-state index in [1.165, 1.54) is 27.0 Å². The second kappa shape index (κ2) is 14.9. The first-order valence-electron chi connectivity index (χ1n) is 3.65. The Morgan fingerprint density at radius 2 is 1.25 bits per heavy atom. The number of hydrogen-bond donors (Lipinski definition) is 0. The predicted molar refractivity (Wildman–Crippen MR) is 80.7 cm³/mol. The van der Waals surface area contributed by atoms with Gasteiger partial charge in [0.05, 0.1) is 0 Å². The van der Waals surface area contributed by atoms with E-state index in [2.05, 4.69) is 12.6 Å². The summed E-state index contributed by atoms with van der Waals surface area (Å²) in [7, 11) is 10.7. The molecule has 0 aliphatic rings. The third-order valence-electron chi connectivity index (χ3n) is 0.915. The molecule has 0 N–H and O–H groups in total. The fourth-order valence-corrected chi connectivity index (χ4v) is 2.60. The van der Waals surface area contributed by atoms with Crippen molar-refractivity contribution in [2.24, 2.45) is 0 Å². The minimum absolute atomic E-state index is 0. The molecule has 0 rings (SSSR count). The Balaban J connectivity index is -0.000000377. The van der Waals surface area contributed by atoms with E-state index in [0.717, 1.165) is 8.64 Å². The molecule has 0 unspecified atom stereocenters. The minimum Gasteiger partial charge on any atom is -0.696 e. The van der Waals surface area contributed by atoms with Crippen molar-refractivity contribution in [3.05, 3.63) is 0 Å². The van der Waals surface area contributed by atoms with E-state index in [1.54, 1.807) is 0 Å². The zero-order valence-corrected chi connectivity index (χ0v) is 17.1. The quantitative estimate of drug-likeness (QED) is 0.184. The van der Waals surface area contributed by atoms with Crippen LogP contribution in [-0.4, -0.2) is 46.6 Å². The van der Waals surface area contributed by atoms with Crippen LogP contribution in [0.25, 0.3) is 0 Å². The molecule has 9 heteroatoms. The molecule has 0 aliphatic heterocycles. The molecule has 0 atom stereocenters. The molecule has 0 radical (unpaired) electrons. The van der Waals surface area contributed by atoms with E-state index in [9.17, 15) is 0 Å². The standard InChI is InChI=1S/C6H12N2S4.CHNS.K/c1-7(2)5(9)11-12-6(10)8(3)4;2-1-3;/h1-4H3;3H;/q;;+1/p-1. The molecule has 86 valence electrons. The van der Waals surface area contributed by atoms with E-state index in [1.807, 2.05) is 38.0 Å². The molecule has 0 aromatic heterocycles. The summed E-state index contributed by atoms with van der Waals surface area (Å²) in [6.45, 7) is 0. The predicted octanol–water partition coefficient (Wildman–Crippen LogP) is -0.921. The SMILES string of the molecule is CN(C)C(=S)SSC(=S)N(C)C.N#C[S-].[K+]. The van der Waals surface area contributed by atoms with Gasteiger partial charge in [-0.3, -0.25) is 0 Å². The Kier molecular flexibility index (Phi) is 21.4. The first kappa shape index (κ1) is 23.0. The van der Waals surface area contributed by atoms with Crippen molar-refractivity contribution >= 4 is 67.3 Å². The molecule has 0 saturated heterocycles. The molecule has 16 heavy (non-hydrogen) atoms. The first-order chi connectivity index (χ1) is 6.86. The topological polar surface area (TPSA) is 30.3 Å². The van der Waals surface area contributed by atoms with Gasteiger partial charge in [0, 0.05) is 28.2 Å². The largest absolute Gasteiger partial charge is 1.00 e. The summed E-state index contributed by atoms with van der Waals surface area (Å²) in [4.78, 5) is 3.79. The Hall–Kier alpha value is 1.83. The molecule has 0 bridgehead atoms. The summed E-state index contributed by atoms with van der Waals surface area (Å²) < 4.78 is 1.67. The molecule has 0 aliphatic carbocycles. The zero-order chi connectivity index (χ0) is 12.4. The van der Waals surface area contributed by atoms with Crippen LogP contribution in [0.2, 0.25) is 0 Å². The van der Waals surface area contributed by atoms with E-state index < -0.39 is 0 Å². The number of nitriles is 1. The Morgan fingerprint density at radius 1 is 1.06 bits per heavy atom. The number of thiocarbonyl (C=S) groups is 2. The first-order valence-corrected chi connectivity index (χ1v) is 7.02. The van der Waals surface area contributed by atoms with Gasteiger partial charge in [-0.05, 0) is 21.6 Å². The number of nitrogens with zero attached hydrogens (tertiary/aromatic N) is 3. The van der Waals surface area contributed by atoms with Gasteiger partial charge in [0.1, 0.15) is 8.64 Å². The van der Waals surface area contributed by atoms with Gasteiger partial charge in [-0.1, -0.05) is 29.8 Å². The Bertz CT molecular complexity index is 231. The maximum absolute atomic E-state index is 7.13. The number of rotatable bonds is 0. The average molecular weight is 338 g/mol. The molecule has 0 amide bonds. The second-order valence-corrected chi connectivity index (χ2v) is 6.16. The van der Waals surface area contributed by atoms with Crippen molar-refractivity contribution in [3.63, 3.8) is 0 Å². The van der Waals surface area contributed by atoms with Crippen LogP contribution in [0.5, 0.6) is 0 Å². The third kappa shape index (κ3) is 15.8. The van der Waals surface area contributed by atoms with Crippen molar-refractivity contribution in [2.45, 2.75) is 0 Å². The summed E-state index contributed by atoms with van der Waals surface area (Å²) in [5, 5.41) is 8.47. The van der Waals surface area contributed by atoms with Crippen molar-refractivity contribution in [2.75, 3.05) is 28.2 Å². The summed E-state index contributed by atoms with van der Waals surface area (Å²) in [6.07, 6.45) is 0. The summed E-state index contributed by atoms with van der Waals surface area (Å²) in [5.41, 5.74) is 0. The van der Waals surface area contributed by atoms with Gasteiger partial charge in [-0.25, -0.2) is 5.26 Å². The van der Waals surface area contributed by atoms with Gasteiger partial charge in [0.25, 0.3) is 0 Å². The van der Waals surface area contributed by atoms with Gasteiger partial charge in [-0.15, -0.1) is 0 Å². The van der Waals surface area contributed by atoms with Gasteiger partial charge in [0.15, 0.2) is 0 Å². The smallest absolute Gasteiger partial charge is 0.696 e. The van der Waals surface area contributed by atoms with Gasteiger partial charge in [-0.2, -0.15) is 0 Å². The zero-order valence-electron chi connectivity index (χ0n) is 9.88. The van der Waals surface area contributed by atoms with Crippen molar-refractivity contribution in [1.82, 2.24) is 9.80 Å². The maximum Gasteiger partial charge on any atom is 1.00 e. The van der Waals surface area contributed by atoms with Gasteiger partial charge < -0.3 is 22.4 Å². The van der Waals surface area contributed by atoms with Crippen molar-refractivity contribution < 1.29 is 51.4 Å². The molecular formula is C7H12KN3S5. The Labute approximate surface area is 164 Å². The van der Waals surface area contributed by atoms with Crippen molar-refractivity contribution in [1.29, 1.82) is 5.26 Å². The summed E-state index contributed by atoms with van der Waals surface area (Å²) in [5.74, 6) is 0. The molecular weight excluding hydrogens is 326 g/mol. The third-order valence-corrected chi connectivity index (χ3v) is 5.07. The monoisotopic (exact) mass is 337 g/mol. The fraction of sp³-hybridized carbons (Fsp3) is 0.571. The van der Waals surface area contributed by atoms with Crippen LogP contribution in [0, 0.1) is 10.7 Å². The van der Waals surface area contributed by atoms with E-state index >= 15 is 0 Å². The average Bonchev–Trinajstić information content (AvgIpc) is 2.14. The minimum atomic E-state index is 0. The van der Waals surface area contributed by atoms with Crippen LogP contribution in [0.15, 0.2) is 0 Å². The van der Waals surface area contributed by atoms with Gasteiger partial charge >= 0.3 is 51.4 Å².